The summed E-state index contributed by atoms with van der Waals surface area (Å²) in [7, 11) is 0. The molecule has 8 heteroatoms. The predicted octanol–water partition coefficient (Wildman–Crippen LogP) is -6.32. The quantitative estimate of drug-likeness (QED) is 0.288. The van der Waals surface area contributed by atoms with Gasteiger partial charge in [0.2, 0.25) is 0 Å². The summed E-state index contributed by atoms with van der Waals surface area (Å²) < 4.78 is 0. The van der Waals surface area contributed by atoms with E-state index < -0.39 is 23.1 Å². The number of benzene rings is 1. The largest absolute Gasteiger partial charge is 1.00 e. The van der Waals surface area contributed by atoms with Crippen LogP contribution in [0.2, 0.25) is 0 Å². The molecule has 1 aromatic rings. The summed E-state index contributed by atoms with van der Waals surface area (Å²) in [5.41, 5.74) is -0.355. The van der Waals surface area contributed by atoms with Gasteiger partial charge in [-0.2, -0.15) is 0 Å². The summed E-state index contributed by atoms with van der Waals surface area (Å²) in [6, 6.07) is 7.32. The molecule has 2 bridgehead atoms. The summed E-state index contributed by atoms with van der Waals surface area (Å²) in [4.78, 5) is 32.5. The first-order valence-corrected chi connectivity index (χ1v) is 7.04. The molecule has 2 heterocycles. The minimum absolute atomic E-state index is 0. The molecule has 0 N–H and O–H groups in total. The number of carbonyl (C=O) groups is 2. The number of carboxylic acid groups (broad SMARTS) is 2. The van der Waals surface area contributed by atoms with Gasteiger partial charge in [-0.25, -0.2) is 9.78 Å². The van der Waals surface area contributed by atoms with Gasteiger partial charge >= 0.3 is 59.1 Å². The predicted molar refractivity (Wildman–Crippen MR) is 69.6 cm³/mol. The van der Waals surface area contributed by atoms with Crippen LogP contribution in [-0.4, -0.2) is 11.9 Å². The Bertz CT molecular complexity index is 607. The molecule has 2 aliphatic heterocycles. The van der Waals surface area contributed by atoms with Crippen molar-refractivity contribution in [3.05, 3.63) is 47.5 Å². The normalized spacial score (nSPS) is 26.0. The van der Waals surface area contributed by atoms with Crippen molar-refractivity contribution in [2.45, 2.75) is 36.9 Å². The second-order valence-electron chi connectivity index (χ2n) is 5.57. The minimum Gasteiger partial charge on any atom is -0.550 e. The third-order valence-electron chi connectivity index (χ3n) is 4.20. The molecular weight excluding hydrogens is 334 g/mol. The van der Waals surface area contributed by atoms with E-state index in [4.69, 9.17) is 9.78 Å². The Balaban J connectivity index is 0.00000144. The fraction of sp³-hybridized carbons (Fsp3) is 0.375. The number of carbonyl (C=O) groups excluding carboxylic acids is 2. The third kappa shape index (κ3) is 3.97. The molecule has 0 radical (unpaired) electrons. The number of aliphatic carboxylic acids is 2. The van der Waals surface area contributed by atoms with Crippen LogP contribution in [0.15, 0.2) is 36.4 Å². The molecule has 2 unspecified atom stereocenters. The zero-order chi connectivity index (χ0) is 15.8. The van der Waals surface area contributed by atoms with Gasteiger partial charge in [0.1, 0.15) is 11.2 Å². The van der Waals surface area contributed by atoms with E-state index >= 15 is 0 Å². The van der Waals surface area contributed by atoms with Crippen LogP contribution < -0.4 is 69.3 Å². The zero-order valence-electron chi connectivity index (χ0n) is 13.7. The molecule has 0 amide bonds. The van der Waals surface area contributed by atoms with Crippen LogP contribution in [0.3, 0.4) is 0 Å². The summed E-state index contributed by atoms with van der Waals surface area (Å²) in [6.45, 7) is 0. The molecule has 6 nitrogen and oxygen atoms in total. The molecule has 2 atom stereocenters. The Morgan fingerprint density at radius 1 is 0.833 bits per heavy atom. The molecule has 24 heavy (non-hydrogen) atoms. The van der Waals surface area contributed by atoms with E-state index in [0.29, 0.717) is 0 Å². The molecule has 0 saturated heterocycles. The van der Waals surface area contributed by atoms with E-state index in [9.17, 15) is 19.8 Å². The van der Waals surface area contributed by atoms with E-state index in [-0.39, 0.29) is 84.8 Å². The Morgan fingerprint density at radius 2 is 1.21 bits per heavy atom. The first-order valence-electron chi connectivity index (χ1n) is 7.04. The first-order chi connectivity index (χ1) is 10.5. The molecule has 3 aliphatic rings. The van der Waals surface area contributed by atoms with Crippen molar-refractivity contribution in [1.82, 2.24) is 0 Å². The summed E-state index contributed by atoms with van der Waals surface area (Å²) >= 11 is 0. The number of hydrogen-bond donors (Lipinski definition) is 0. The molecule has 0 fully saturated rings. The van der Waals surface area contributed by atoms with E-state index in [2.05, 4.69) is 0 Å². The minimum atomic E-state index is -1.16. The van der Waals surface area contributed by atoms with Crippen molar-refractivity contribution in [3.63, 3.8) is 0 Å². The molecule has 0 spiro atoms. The van der Waals surface area contributed by atoms with E-state index in [0.717, 1.165) is 11.1 Å². The van der Waals surface area contributed by atoms with Gasteiger partial charge in [-0.15, -0.1) is 0 Å². The van der Waals surface area contributed by atoms with Crippen molar-refractivity contribution in [2.24, 2.45) is 0 Å². The summed E-state index contributed by atoms with van der Waals surface area (Å²) in [5.74, 6) is -2.33. The van der Waals surface area contributed by atoms with Gasteiger partial charge in [-0.05, 0) is 49.0 Å². The van der Waals surface area contributed by atoms with Gasteiger partial charge in [0.05, 0.1) is 0 Å². The smallest absolute Gasteiger partial charge is 0.550 e. The standard InChI is InChI=1S/C16H16O6.2Na/c17-13(18)5-7-15-9-10-16(22-21-15,8-6-14(19)20)12-4-2-1-3-11(12)15;;/h1-4,9-10H,5-8H2,(H,17,18)(H,19,20);;/q;2*+1/p-2. The van der Waals surface area contributed by atoms with Crippen LogP contribution in [0.4, 0.5) is 0 Å². The molecule has 0 saturated carbocycles. The number of fused-ring (bicyclic) bond motifs is 1. The fourth-order valence-corrected chi connectivity index (χ4v) is 3.06. The molecule has 0 aromatic heterocycles. The summed E-state index contributed by atoms with van der Waals surface area (Å²) in [6.07, 6.45) is 3.51. The van der Waals surface area contributed by atoms with Gasteiger partial charge in [0, 0.05) is 11.9 Å². The maximum atomic E-state index is 10.8. The van der Waals surface area contributed by atoms with Gasteiger partial charge < -0.3 is 19.8 Å². The topological polar surface area (TPSA) is 98.7 Å². The van der Waals surface area contributed by atoms with E-state index in [1.807, 2.05) is 24.3 Å². The van der Waals surface area contributed by atoms with E-state index in [1.165, 1.54) is 0 Å². The maximum absolute atomic E-state index is 10.8. The first kappa shape index (κ1) is 21.9. The molecule has 116 valence electrons. The number of rotatable bonds is 6. The van der Waals surface area contributed by atoms with Gasteiger partial charge in [-0.1, -0.05) is 24.3 Å². The second kappa shape index (κ2) is 8.47. The van der Waals surface area contributed by atoms with Crippen molar-refractivity contribution in [2.75, 3.05) is 0 Å². The van der Waals surface area contributed by atoms with Gasteiger partial charge in [0.15, 0.2) is 0 Å². The Kier molecular flexibility index (Phi) is 7.71. The van der Waals surface area contributed by atoms with Crippen molar-refractivity contribution < 1.29 is 88.7 Å². The van der Waals surface area contributed by atoms with Crippen LogP contribution in [-0.2, 0) is 30.6 Å². The van der Waals surface area contributed by atoms with Crippen LogP contribution in [0, 0.1) is 0 Å². The SMILES string of the molecule is O=C([O-])CCC12C=CC(CCC(=O)[O-])(OO1)c1ccccc12.[Na+].[Na+]. The zero-order valence-corrected chi connectivity index (χ0v) is 17.7. The van der Waals surface area contributed by atoms with Crippen LogP contribution in [0.5, 0.6) is 0 Å². The molecule has 4 rings (SSSR count). The van der Waals surface area contributed by atoms with E-state index in [1.54, 1.807) is 12.2 Å². The Labute approximate surface area is 183 Å². The van der Waals surface area contributed by atoms with Crippen LogP contribution in [0.25, 0.3) is 0 Å². The average Bonchev–Trinajstić information content (AvgIpc) is 2.53. The maximum Gasteiger partial charge on any atom is 1.00 e. The number of carboxylic acids is 2. The Hall–Kier alpha value is -0.180. The van der Waals surface area contributed by atoms with Crippen molar-refractivity contribution in [1.29, 1.82) is 0 Å². The molecular formula is C16H14Na2O6. The second-order valence-corrected chi connectivity index (χ2v) is 5.57. The molecule has 1 aromatic carbocycles. The number of hydrogen-bond acceptors (Lipinski definition) is 6. The van der Waals surface area contributed by atoms with Crippen molar-refractivity contribution >= 4 is 11.9 Å². The Morgan fingerprint density at radius 3 is 1.50 bits per heavy atom. The monoisotopic (exact) mass is 348 g/mol. The molecule has 1 aliphatic carbocycles. The fourth-order valence-electron chi connectivity index (χ4n) is 3.06. The van der Waals surface area contributed by atoms with Crippen LogP contribution in [0.1, 0.15) is 36.8 Å². The van der Waals surface area contributed by atoms with Gasteiger partial charge in [0.25, 0.3) is 0 Å². The average molecular weight is 348 g/mol. The van der Waals surface area contributed by atoms with Gasteiger partial charge in [-0.3, -0.25) is 0 Å². The van der Waals surface area contributed by atoms with Crippen molar-refractivity contribution in [3.8, 4) is 0 Å². The van der Waals surface area contributed by atoms with Crippen LogP contribution >= 0.6 is 0 Å². The third-order valence-corrected chi connectivity index (χ3v) is 4.20. The summed E-state index contributed by atoms with van der Waals surface area (Å²) in [5, 5.41) is 21.5.